The summed E-state index contributed by atoms with van der Waals surface area (Å²) in [6.07, 6.45) is 0. The van der Waals surface area contributed by atoms with E-state index in [1.54, 1.807) is 17.0 Å². The van der Waals surface area contributed by atoms with Crippen LogP contribution in [-0.4, -0.2) is 10.9 Å². The number of benzene rings is 3. The molecule has 0 fully saturated rings. The first-order chi connectivity index (χ1) is 12.6. The molecule has 0 radical (unpaired) electrons. The summed E-state index contributed by atoms with van der Waals surface area (Å²) in [6, 6.07) is 20.2. The van der Waals surface area contributed by atoms with Crippen LogP contribution in [0.4, 0.5) is 14.9 Å². The lowest BCUT2D eigenvalue weighted by atomic mass is 10.0. The first-order valence-corrected chi connectivity index (χ1v) is 8.59. The number of hydrogen-bond acceptors (Lipinski definition) is 1. The molecule has 4 rings (SSSR count). The Morgan fingerprint density at radius 3 is 2.19 bits per heavy atom. The fourth-order valence-electron chi connectivity index (χ4n) is 3.25. The van der Waals surface area contributed by atoms with Gasteiger partial charge in [0.15, 0.2) is 0 Å². The molecule has 3 aromatic carbocycles. The van der Waals surface area contributed by atoms with Gasteiger partial charge in [0.1, 0.15) is 5.82 Å². The molecular weight excluding hydrogens is 327 g/mol. The molecule has 130 valence electrons. The zero-order valence-electron chi connectivity index (χ0n) is 14.5. The molecule has 1 aliphatic rings. The lowest BCUT2D eigenvalue weighted by Crippen LogP contribution is -2.30. The summed E-state index contributed by atoms with van der Waals surface area (Å²) < 4.78 is 13.1. The predicted octanol–water partition coefficient (Wildman–Crippen LogP) is 5.35. The van der Waals surface area contributed by atoms with Gasteiger partial charge in [-0.1, -0.05) is 48.5 Å². The van der Waals surface area contributed by atoms with E-state index in [1.165, 1.54) is 23.3 Å². The Morgan fingerprint density at radius 1 is 0.923 bits per heavy atom. The van der Waals surface area contributed by atoms with E-state index in [-0.39, 0.29) is 11.8 Å². The zero-order chi connectivity index (χ0) is 18.1. The standard InChI is InChI=1S/C22H19FN2O/c1-15-6-7-17(16-8-10-20(23)11-9-16)12-21(15)24-22(26)25-13-18-4-2-3-5-19(18)14-25/h2-12H,13-14H2,1H3,(H,24,26). The zero-order valence-corrected chi connectivity index (χ0v) is 14.5. The largest absolute Gasteiger partial charge is 0.322 e. The first-order valence-electron chi connectivity index (χ1n) is 8.59. The molecule has 0 saturated heterocycles. The highest BCUT2D eigenvalue weighted by Gasteiger charge is 2.23. The minimum atomic E-state index is -0.261. The molecule has 1 N–H and O–H groups in total. The van der Waals surface area contributed by atoms with Crippen LogP contribution in [0.15, 0.2) is 66.7 Å². The highest BCUT2D eigenvalue weighted by Crippen LogP contribution is 2.27. The number of amides is 2. The van der Waals surface area contributed by atoms with Crippen molar-refractivity contribution in [2.45, 2.75) is 20.0 Å². The van der Waals surface area contributed by atoms with E-state index in [4.69, 9.17) is 0 Å². The second-order valence-corrected chi connectivity index (χ2v) is 6.59. The molecular formula is C22H19FN2O. The molecule has 3 nitrogen and oxygen atoms in total. The van der Waals surface area contributed by atoms with Crippen molar-refractivity contribution in [2.75, 3.05) is 5.32 Å². The molecule has 2 amide bonds. The van der Waals surface area contributed by atoms with E-state index in [2.05, 4.69) is 17.4 Å². The Balaban J connectivity index is 1.54. The Labute approximate surface area is 152 Å². The summed E-state index contributed by atoms with van der Waals surface area (Å²) >= 11 is 0. The van der Waals surface area contributed by atoms with Gasteiger partial charge in [-0.25, -0.2) is 9.18 Å². The molecule has 0 saturated carbocycles. The monoisotopic (exact) mass is 346 g/mol. The maximum atomic E-state index is 13.1. The average Bonchev–Trinajstić information content (AvgIpc) is 3.09. The van der Waals surface area contributed by atoms with Crippen LogP contribution in [0.2, 0.25) is 0 Å². The number of anilines is 1. The maximum Gasteiger partial charge on any atom is 0.322 e. The normalized spacial score (nSPS) is 12.8. The number of carbonyl (C=O) groups excluding carboxylic acids is 1. The predicted molar refractivity (Wildman–Crippen MR) is 101 cm³/mol. The Hall–Kier alpha value is -3.14. The van der Waals surface area contributed by atoms with Gasteiger partial charge in [-0.3, -0.25) is 0 Å². The van der Waals surface area contributed by atoms with Crippen molar-refractivity contribution in [2.24, 2.45) is 0 Å². The SMILES string of the molecule is Cc1ccc(-c2ccc(F)cc2)cc1NC(=O)N1Cc2ccccc2C1. The van der Waals surface area contributed by atoms with Crippen LogP contribution in [0, 0.1) is 12.7 Å². The quantitative estimate of drug-likeness (QED) is 0.666. The van der Waals surface area contributed by atoms with Crippen molar-refractivity contribution in [3.05, 3.63) is 89.2 Å². The van der Waals surface area contributed by atoms with Crippen LogP contribution in [0.25, 0.3) is 11.1 Å². The number of rotatable bonds is 2. The lowest BCUT2D eigenvalue weighted by Gasteiger charge is -2.18. The number of fused-ring (bicyclic) bond motifs is 1. The number of nitrogens with one attached hydrogen (secondary N) is 1. The summed E-state index contributed by atoms with van der Waals surface area (Å²) in [6.45, 7) is 3.21. The highest BCUT2D eigenvalue weighted by atomic mass is 19.1. The van der Waals surface area contributed by atoms with Crippen molar-refractivity contribution < 1.29 is 9.18 Å². The van der Waals surface area contributed by atoms with Crippen molar-refractivity contribution in [3.63, 3.8) is 0 Å². The van der Waals surface area contributed by atoms with Gasteiger partial charge >= 0.3 is 6.03 Å². The van der Waals surface area contributed by atoms with Crippen LogP contribution >= 0.6 is 0 Å². The third-order valence-electron chi connectivity index (χ3n) is 4.78. The third kappa shape index (κ3) is 3.18. The number of hydrogen-bond donors (Lipinski definition) is 1. The molecule has 0 unspecified atom stereocenters. The van der Waals surface area contributed by atoms with Crippen LogP contribution < -0.4 is 5.32 Å². The summed E-state index contributed by atoms with van der Waals surface area (Å²) in [7, 11) is 0. The Bertz CT molecular complexity index is 941. The van der Waals surface area contributed by atoms with Crippen LogP contribution in [-0.2, 0) is 13.1 Å². The van der Waals surface area contributed by atoms with Crippen LogP contribution in [0.5, 0.6) is 0 Å². The van der Waals surface area contributed by atoms with Gasteiger partial charge < -0.3 is 10.2 Å². The molecule has 0 bridgehead atoms. The molecule has 4 heteroatoms. The molecule has 3 aromatic rings. The summed E-state index contributed by atoms with van der Waals surface area (Å²) in [5.74, 6) is -0.261. The Kier molecular flexibility index (Phi) is 4.17. The number of nitrogens with zero attached hydrogens (tertiary/aromatic N) is 1. The Morgan fingerprint density at radius 2 is 1.54 bits per heavy atom. The van der Waals surface area contributed by atoms with E-state index in [1.807, 2.05) is 37.3 Å². The van der Waals surface area contributed by atoms with Gasteiger partial charge in [-0.05, 0) is 52.9 Å². The summed E-state index contributed by atoms with van der Waals surface area (Å²) in [5.41, 5.74) is 6.00. The fourth-order valence-corrected chi connectivity index (χ4v) is 3.25. The van der Waals surface area contributed by atoms with Gasteiger partial charge in [0.2, 0.25) is 0 Å². The fraction of sp³-hybridized carbons (Fsp3) is 0.136. The summed E-state index contributed by atoms with van der Waals surface area (Å²) in [4.78, 5) is 14.5. The molecule has 0 spiro atoms. The van der Waals surface area contributed by atoms with Gasteiger partial charge in [0.25, 0.3) is 0 Å². The third-order valence-corrected chi connectivity index (χ3v) is 4.78. The van der Waals surface area contributed by atoms with E-state index in [9.17, 15) is 9.18 Å². The second-order valence-electron chi connectivity index (χ2n) is 6.59. The van der Waals surface area contributed by atoms with E-state index < -0.39 is 0 Å². The number of aryl methyl sites for hydroxylation is 1. The second kappa shape index (κ2) is 6.64. The smallest absolute Gasteiger partial charge is 0.316 e. The van der Waals surface area contributed by atoms with Crippen molar-refractivity contribution >= 4 is 11.7 Å². The minimum Gasteiger partial charge on any atom is -0.316 e. The van der Waals surface area contributed by atoms with Gasteiger partial charge in [0, 0.05) is 18.8 Å². The van der Waals surface area contributed by atoms with Crippen molar-refractivity contribution in [1.29, 1.82) is 0 Å². The lowest BCUT2D eigenvalue weighted by molar-refractivity contribution is 0.212. The molecule has 1 aliphatic heterocycles. The van der Waals surface area contributed by atoms with E-state index >= 15 is 0 Å². The van der Waals surface area contributed by atoms with E-state index in [0.717, 1.165) is 22.4 Å². The van der Waals surface area contributed by atoms with Gasteiger partial charge in [0.05, 0.1) is 0 Å². The number of halogens is 1. The van der Waals surface area contributed by atoms with Crippen LogP contribution in [0.1, 0.15) is 16.7 Å². The average molecular weight is 346 g/mol. The van der Waals surface area contributed by atoms with E-state index in [0.29, 0.717) is 13.1 Å². The number of urea groups is 1. The summed E-state index contributed by atoms with van der Waals surface area (Å²) in [5, 5.41) is 3.02. The molecule has 0 atom stereocenters. The number of carbonyl (C=O) groups is 1. The molecule has 26 heavy (non-hydrogen) atoms. The molecule has 0 aromatic heterocycles. The molecule has 1 heterocycles. The van der Waals surface area contributed by atoms with Gasteiger partial charge in [-0.2, -0.15) is 0 Å². The van der Waals surface area contributed by atoms with Crippen LogP contribution in [0.3, 0.4) is 0 Å². The first kappa shape index (κ1) is 16.3. The van der Waals surface area contributed by atoms with Crippen molar-refractivity contribution in [1.82, 2.24) is 4.90 Å². The molecule has 0 aliphatic carbocycles. The van der Waals surface area contributed by atoms with Gasteiger partial charge in [-0.15, -0.1) is 0 Å². The highest BCUT2D eigenvalue weighted by molar-refractivity contribution is 5.91. The maximum absolute atomic E-state index is 13.1. The minimum absolute atomic E-state index is 0.111. The topological polar surface area (TPSA) is 32.3 Å². The van der Waals surface area contributed by atoms with Crippen molar-refractivity contribution in [3.8, 4) is 11.1 Å².